The van der Waals surface area contributed by atoms with E-state index in [2.05, 4.69) is 25.3 Å². The smallest absolute Gasteiger partial charge is 0.475 e. The van der Waals surface area contributed by atoms with Crippen molar-refractivity contribution in [1.29, 1.82) is 0 Å². The molecule has 0 aliphatic carbocycles. The van der Waals surface area contributed by atoms with E-state index in [0.29, 0.717) is 35.9 Å². The Bertz CT molecular complexity index is 1440. The maximum atomic E-state index is 13.6. The highest BCUT2D eigenvalue weighted by atomic mass is 19.4. The zero-order valence-corrected chi connectivity index (χ0v) is 21.9. The molecule has 5 rings (SSSR count). The van der Waals surface area contributed by atoms with E-state index in [1.807, 2.05) is 4.90 Å². The summed E-state index contributed by atoms with van der Waals surface area (Å²) in [6, 6.07) is 4.40. The van der Waals surface area contributed by atoms with E-state index in [0.717, 1.165) is 37.8 Å². The van der Waals surface area contributed by atoms with E-state index < -0.39 is 35.6 Å². The highest BCUT2D eigenvalue weighted by molar-refractivity contribution is 5.73. The third-order valence-electron chi connectivity index (χ3n) is 6.44. The molecule has 0 unspecified atom stereocenters. The van der Waals surface area contributed by atoms with Gasteiger partial charge < -0.3 is 20.2 Å². The number of rotatable bonds is 4. The number of fused-ring (bicyclic) bond motifs is 1. The molecule has 2 aliphatic rings. The molecule has 2 aliphatic heterocycles. The van der Waals surface area contributed by atoms with Crippen LogP contribution in [0.25, 0.3) is 0 Å². The minimum Gasteiger partial charge on any atom is -0.475 e. The second-order valence-corrected chi connectivity index (χ2v) is 9.36. The van der Waals surface area contributed by atoms with Crippen molar-refractivity contribution >= 4 is 29.4 Å². The molecule has 2 N–H and O–H groups in total. The normalized spacial score (nSPS) is 15.5. The Morgan fingerprint density at radius 1 is 0.837 bits per heavy atom. The number of pyridine rings is 2. The molecular formula is C25H22F9N7O2. The SMILES string of the molecule is FC(F)(F)c1ccc(Nc2nc(N3CCC3)nc3c2CCN(c2ncccc2C(F)(F)F)CC3)nc1.O=C(O)C(F)(F)F. The van der Waals surface area contributed by atoms with Crippen molar-refractivity contribution in [3.05, 3.63) is 59.0 Å². The number of nitrogens with zero attached hydrogens (tertiary/aromatic N) is 6. The van der Waals surface area contributed by atoms with Gasteiger partial charge in [0, 0.05) is 50.6 Å². The van der Waals surface area contributed by atoms with Gasteiger partial charge >= 0.3 is 24.5 Å². The van der Waals surface area contributed by atoms with E-state index in [4.69, 9.17) is 9.90 Å². The third kappa shape index (κ3) is 7.72. The number of hydrogen-bond acceptors (Lipinski definition) is 8. The summed E-state index contributed by atoms with van der Waals surface area (Å²) >= 11 is 0. The van der Waals surface area contributed by atoms with Crippen molar-refractivity contribution in [3.8, 4) is 0 Å². The molecule has 3 aromatic rings. The number of aliphatic carboxylic acids is 1. The van der Waals surface area contributed by atoms with Crippen LogP contribution in [0.15, 0.2) is 36.7 Å². The van der Waals surface area contributed by atoms with Crippen molar-refractivity contribution < 1.29 is 49.4 Å². The van der Waals surface area contributed by atoms with Gasteiger partial charge in [-0.3, -0.25) is 0 Å². The summed E-state index contributed by atoms with van der Waals surface area (Å²) in [5, 5.41) is 10.1. The average molecular weight is 623 g/mol. The summed E-state index contributed by atoms with van der Waals surface area (Å²) in [4.78, 5) is 29.6. The van der Waals surface area contributed by atoms with Gasteiger partial charge in [-0.2, -0.15) is 44.5 Å². The Kier molecular flexibility index (Phi) is 8.87. The summed E-state index contributed by atoms with van der Waals surface area (Å²) in [7, 11) is 0. The maximum absolute atomic E-state index is 13.6. The predicted molar refractivity (Wildman–Crippen MR) is 134 cm³/mol. The number of alkyl halides is 9. The van der Waals surface area contributed by atoms with Gasteiger partial charge in [-0.05, 0) is 37.1 Å². The van der Waals surface area contributed by atoms with E-state index in [9.17, 15) is 39.5 Å². The Balaban J connectivity index is 0.000000541. The van der Waals surface area contributed by atoms with Crippen molar-refractivity contribution in [3.63, 3.8) is 0 Å². The topological polar surface area (TPSA) is 107 Å². The van der Waals surface area contributed by atoms with Crippen molar-refractivity contribution in [1.82, 2.24) is 19.9 Å². The summed E-state index contributed by atoms with van der Waals surface area (Å²) in [5.74, 6) is -1.88. The molecular weight excluding hydrogens is 601 g/mol. The molecule has 0 atom stereocenters. The van der Waals surface area contributed by atoms with Crippen molar-refractivity contribution in [2.24, 2.45) is 0 Å². The molecule has 0 radical (unpaired) electrons. The van der Waals surface area contributed by atoms with E-state index in [1.165, 1.54) is 18.3 Å². The molecule has 43 heavy (non-hydrogen) atoms. The Morgan fingerprint density at radius 2 is 1.51 bits per heavy atom. The molecule has 9 nitrogen and oxygen atoms in total. The molecule has 0 aromatic carbocycles. The van der Waals surface area contributed by atoms with Crippen molar-refractivity contribution in [2.45, 2.75) is 37.8 Å². The molecule has 0 spiro atoms. The first-order valence-corrected chi connectivity index (χ1v) is 12.6. The van der Waals surface area contributed by atoms with Gasteiger partial charge in [0.05, 0.1) is 16.8 Å². The molecule has 0 bridgehead atoms. The summed E-state index contributed by atoms with van der Waals surface area (Å²) in [6.45, 7) is 2.04. The number of carboxylic acids is 1. The number of carbonyl (C=O) groups is 1. The number of nitrogens with one attached hydrogen (secondary N) is 1. The number of anilines is 4. The summed E-state index contributed by atoms with van der Waals surface area (Å²) in [6.07, 6.45) is -10.4. The van der Waals surface area contributed by atoms with Crippen LogP contribution in [-0.4, -0.2) is 63.4 Å². The summed E-state index contributed by atoms with van der Waals surface area (Å²) in [5.41, 5.74) is -0.320. The van der Waals surface area contributed by atoms with Crippen LogP contribution in [0.2, 0.25) is 0 Å². The molecule has 0 amide bonds. The summed E-state index contributed by atoms with van der Waals surface area (Å²) < 4.78 is 111. The zero-order valence-electron chi connectivity index (χ0n) is 21.9. The molecule has 1 fully saturated rings. The molecule has 1 saturated heterocycles. The predicted octanol–water partition coefficient (Wildman–Crippen LogP) is 5.50. The highest BCUT2D eigenvalue weighted by Gasteiger charge is 2.38. The lowest BCUT2D eigenvalue weighted by Gasteiger charge is -2.31. The lowest BCUT2D eigenvalue weighted by Crippen LogP contribution is -2.38. The van der Waals surface area contributed by atoms with Crippen LogP contribution in [0, 0.1) is 0 Å². The van der Waals surface area contributed by atoms with E-state index in [-0.39, 0.29) is 24.7 Å². The van der Waals surface area contributed by atoms with Crippen molar-refractivity contribution in [2.75, 3.05) is 41.3 Å². The standard InChI is InChI=1S/C23H21F6N7.C2HF3O2/c24-22(25,26)14-4-5-18(31-13-14)33-19-15-6-11-35(20-16(23(27,28)29)3-1-8-30-20)12-7-17(15)32-21(34-19)36-9-2-10-36;3-2(4,5)1(6)7/h1,3-5,8,13H,2,6-7,9-12H2,(H,31,32,33,34);(H,6,7). The molecule has 3 aromatic heterocycles. The highest BCUT2D eigenvalue weighted by Crippen LogP contribution is 2.37. The van der Waals surface area contributed by atoms with Gasteiger partial charge in [0.1, 0.15) is 17.5 Å². The average Bonchev–Trinajstić information content (AvgIpc) is 3.10. The van der Waals surface area contributed by atoms with Crippen LogP contribution < -0.4 is 15.1 Å². The first kappa shape index (κ1) is 31.6. The maximum Gasteiger partial charge on any atom is 0.490 e. The molecule has 18 heteroatoms. The Labute approximate surface area is 237 Å². The number of hydrogen-bond donors (Lipinski definition) is 2. The number of carboxylic acid groups (broad SMARTS) is 1. The van der Waals surface area contributed by atoms with Crippen LogP contribution >= 0.6 is 0 Å². The monoisotopic (exact) mass is 623 g/mol. The van der Waals surface area contributed by atoms with Gasteiger partial charge in [-0.1, -0.05) is 0 Å². The minimum atomic E-state index is -5.08. The third-order valence-corrected chi connectivity index (χ3v) is 6.44. The quantitative estimate of drug-likeness (QED) is 0.365. The Hall–Kier alpha value is -4.38. The van der Waals surface area contributed by atoms with Gasteiger partial charge in [-0.25, -0.2) is 19.7 Å². The van der Waals surface area contributed by atoms with Crippen LogP contribution in [0.3, 0.4) is 0 Å². The van der Waals surface area contributed by atoms with Gasteiger partial charge in [0.2, 0.25) is 5.95 Å². The van der Waals surface area contributed by atoms with Gasteiger partial charge in [0.15, 0.2) is 0 Å². The fourth-order valence-corrected chi connectivity index (χ4v) is 4.19. The fraction of sp³-hybridized carbons (Fsp3) is 0.400. The van der Waals surface area contributed by atoms with Gasteiger partial charge in [0.25, 0.3) is 0 Å². The first-order chi connectivity index (χ1) is 20.0. The fourth-order valence-electron chi connectivity index (χ4n) is 4.19. The van der Waals surface area contributed by atoms with Crippen LogP contribution in [0.1, 0.15) is 28.8 Å². The first-order valence-electron chi connectivity index (χ1n) is 12.6. The minimum absolute atomic E-state index is 0.146. The van der Waals surface area contributed by atoms with E-state index >= 15 is 0 Å². The van der Waals surface area contributed by atoms with Crippen LogP contribution in [0.4, 0.5) is 62.9 Å². The second-order valence-electron chi connectivity index (χ2n) is 9.36. The lowest BCUT2D eigenvalue weighted by atomic mass is 10.1. The molecule has 5 heterocycles. The zero-order chi connectivity index (χ0) is 31.6. The van der Waals surface area contributed by atoms with Crippen LogP contribution in [0.5, 0.6) is 0 Å². The largest absolute Gasteiger partial charge is 0.490 e. The lowest BCUT2D eigenvalue weighted by molar-refractivity contribution is -0.192. The second kappa shape index (κ2) is 12.1. The molecule has 232 valence electrons. The Morgan fingerprint density at radius 3 is 2.05 bits per heavy atom. The van der Waals surface area contributed by atoms with Gasteiger partial charge in [-0.15, -0.1) is 0 Å². The van der Waals surface area contributed by atoms with Crippen LogP contribution in [-0.2, 0) is 30.0 Å². The number of halogens is 9. The number of aromatic nitrogens is 4. The molecule has 0 saturated carbocycles. The van der Waals surface area contributed by atoms with E-state index in [1.54, 1.807) is 4.90 Å².